The summed E-state index contributed by atoms with van der Waals surface area (Å²) in [5.41, 5.74) is -0.845. The molecule has 2 heteroatoms. The molecule has 2 N–H and O–H groups in total. The summed E-state index contributed by atoms with van der Waals surface area (Å²) in [6, 6.07) is 0. The first-order valence-electron chi connectivity index (χ1n) is 7.10. The lowest BCUT2D eigenvalue weighted by atomic mass is 9.89. The Morgan fingerprint density at radius 1 is 0.765 bits per heavy atom. The van der Waals surface area contributed by atoms with Gasteiger partial charge in [0.2, 0.25) is 0 Å². The fourth-order valence-electron chi connectivity index (χ4n) is 2.53. The molecule has 1 saturated carbocycles. The van der Waals surface area contributed by atoms with Crippen LogP contribution in [0, 0.1) is 11.8 Å². The van der Waals surface area contributed by atoms with Crippen molar-refractivity contribution in [1.29, 1.82) is 0 Å². The van der Waals surface area contributed by atoms with E-state index in [1.165, 1.54) is 44.9 Å². The first kappa shape index (κ1) is 14.5. The maximum atomic E-state index is 10.4. The molecule has 17 heavy (non-hydrogen) atoms. The van der Waals surface area contributed by atoms with Crippen LogP contribution < -0.4 is 0 Å². The Bertz CT molecular complexity index is 237. The van der Waals surface area contributed by atoms with Crippen LogP contribution in [0.15, 0.2) is 0 Å². The summed E-state index contributed by atoms with van der Waals surface area (Å²) >= 11 is 0. The van der Waals surface area contributed by atoms with Crippen LogP contribution in [-0.2, 0) is 0 Å². The third-order valence-corrected chi connectivity index (χ3v) is 3.58. The summed E-state index contributed by atoms with van der Waals surface area (Å²) < 4.78 is 0. The predicted molar refractivity (Wildman–Crippen MR) is 70.6 cm³/mol. The van der Waals surface area contributed by atoms with E-state index in [0.717, 1.165) is 25.7 Å². The maximum absolute atomic E-state index is 10.4. The zero-order valence-electron chi connectivity index (χ0n) is 10.9. The van der Waals surface area contributed by atoms with Gasteiger partial charge < -0.3 is 10.2 Å². The van der Waals surface area contributed by atoms with Crippen LogP contribution >= 0.6 is 0 Å². The van der Waals surface area contributed by atoms with E-state index < -0.39 is 5.60 Å². The Kier molecular flexibility index (Phi) is 7.32. The van der Waals surface area contributed by atoms with Gasteiger partial charge in [0.05, 0.1) is 0 Å². The van der Waals surface area contributed by atoms with Crippen molar-refractivity contribution in [2.24, 2.45) is 0 Å². The molecule has 0 aromatic carbocycles. The highest BCUT2D eigenvalue weighted by Gasteiger charge is 2.23. The van der Waals surface area contributed by atoms with Crippen LogP contribution in [0.2, 0.25) is 0 Å². The van der Waals surface area contributed by atoms with Crippen molar-refractivity contribution in [2.75, 3.05) is 6.61 Å². The third-order valence-electron chi connectivity index (χ3n) is 3.58. The highest BCUT2D eigenvalue weighted by molar-refractivity contribution is 5.13. The van der Waals surface area contributed by atoms with Crippen LogP contribution in [0.5, 0.6) is 0 Å². The molecule has 0 atom stereocenters. The molecule has 0 unspecified atom stereocenters. The largest absolute Gasteiger partial charge is 0.384 e. The van der Waals surface area contributed by atoms with Gasteiger partial charge in [0, 0.05) is 0 Å². The van der Waals surface area contributed by atoms with Gasteiger partial charge in [0.1, 0.15) is 12.2 Å². The Labute approximate surface area is 105 Å². The van der Waals surface area contributed by atoms with Gasteiger partial charge in [0.25, 0.3) is 0 Å². The van der Waals surface area contributed by atoms with Gasteiger partial charge in [0.15, 0.2) is 0 Å². The molecule has 2 nitrogen and oxygen atoms in total. The molecule has 0 radical (unpaired) electrons. The zero-order valence-corrected chi connectivity index (χ0v) is 10.9. The monoisotopic (exact) mass is 238 g/mol. The average Bonchev–Trinajstić information content (AvgIpc) is 2.32. The van der Waals surface area contributed by atoms with Gasteiger partial charge in [-0.05, 0) is 25.7 Å². The topological polar surface area (TPSA) is 40.5 Å². The first-order chi connectivity index (χ1) is 8.27. The third kappa shape index (κ3) is 6.71. The van der Waals surface area contributed by atoms with E-state index in [0.29, 0.717) is 0 Å². The van der Waals surface area contributed by atoms with E-state index in [-0.39, 0.29) is 6.61 Å². The molecule has 1 rings (SSSR count). The van der Waals surface area contributed by atoms with Gasteiger partial charge in [-0.2, -0.15) is 0 Å². The summed E-state index contributed by atoms with van der Waals surface area (Å²) in [4.78, 5) is 0. The van der Waals surface area contributed by atoms with Crippen molar-refractivity contribution < 1.29 is 10.2 Å². The van der Waals surface area contributed by atoms with Crippen molar-refractivity contribution >= 4 is 0 Å². The predicted octanol–water partition coefficient (Wildman–Crippen LogP) is 3.02. The molecule has 0 aromatic rings. The van der Waals surface area contributed by atoms with Crippen molar-refractivity contribution in [1.82, 2.24) is 0 Å². The maximum Gasteiger partial charge on any atom is 0.125 e. The number of hydrogen-bond donors (Lipinski definition) is 2. The van der Waals surface area contributed by atoms with Crippen LogP contribution in [-0.4, -0.2) is 22.4 Å². The van der Waals surface area contributed by atoms with Gasteiger partial charge in [-0.25, -0.2) is 0 Å². The molecule has 98 valence electrons. The molecular weight excluding hydrogens is 212 g/mol. The van der Waals surface area contributed by atoms with Gasteiger partial charge in [-0.15, -0.1) is 0 Å². The fraction of sp³-hybridized carbons (Fsp3) is 0.867. The molecule has 0 aliphatic heterocycles. The molecule has 0 heterocycles. The molecule has 1 aliphatic carbocycles. The lowest BCUT2D eigenvalue weighted by molar-refractivity contribution is 0.0756. The van der Waals surface area contributed by atoms with Crippen LogP contribution in [0.25, 0.3) is 0 Å². The summed E-state index contributed by atoms with van der Waals surface area (Å²) in [5.74, 6) is 5.48. The first-order valence-corrected chi connectivity index (χ1v) is 7.10. The molecule has 1 fully saturated rings. The minimum atomic E-state index is -0.845. The fourth-order valence-corrected chi connectivity index (χ4v) is 2.53. The van der Waals surface area contributed by atoms with Gasteiger partial charge in [-0.1, -0.05) is 56.8 Å². The number of aliphatic hydroxyl groups excluding tert-OH is 1. The van der Waals surface area contributed by atoms with Crippen LogP contribution in [0.3, 0.4) is 0 Å². The molecular formula is C15H26O2. The van der Waals surface area contributed by atoms with E-state index >= 15 is 0 Å². The SMILES string of the molecule is OCC#CC1(O)CCCCCCCCCCC1. The number of hydrogen-bond acceptors (Lipinski definition) is 2. The van der Waals surface area contributed by atoms with Crippen LogP contribution in [0.4, 0.5) is 0 Å². The van der Waals surface area contributed by atoms with Gasteiger partial charge >= 0.3 is 0 Å². The van der Waals surface area contributed by atoms with E-state index in [4.69, 9.17) is 5.11 Å². The van der Waals surface area contributed by atoms with E-state index in [9.17, 15) is 5.11 Å². The highest BCUT2D eigenvalue weighted by Crippen LogP contribution is 2.24. The Morgan fingerprint density at radius 2 is 1.18 bits per heavy atom. The molecule has 0 amide bonds. The molecule has 0 saturated heterocycles. The zero-order chi connectivity index (χ0) is 12.4. The summed E-state index contributed by atoms with van der Waals surface area (Å²) in [5, 5.41) is 19.1. The average molecular weight is 238 g/mol. The Balaban J connectivity index is 2.47. The summed E-state index contributed by atoms with van der Waals surface area (Å²) in [6.07, 6.45) is 12.6. The molecule has 0 aromatic heterocycles. The van der Waals surface area contributed by atoms with Crippen molar-refractivity contribution in [2.45, 2.75) is 76.2 Å². The van der Waals surface area contributed by atoms with Gasteiger partial charge in [-0.3, -0.25) is 0 Å². The summed E-state index contributed by atoms with van der Waals surface area (Å²) in [7, 11) is 0. The second-order valence-corrected chi connectivity index (χ2v) is 5.17. The van der Waals surface area contributed by atoms with Crippen molar-refractivity contribution in [3.8, 4) is 11.8 Å². The smallest absolute Gasteiger partial charge is 0.125 e. The molecule has 1 aliphatic rings. The second kappa shape index (κ2) is 8.55. The van der Waals surface area contributed by atoms with Crippen molar-refractivity contribution in [3.05, 3.63) is 0 Å². The summed E-state index contributed by atoms with van der Waals surface area (Å²) in [6.45, 7) is -0.150. The minimum Gasteiger partial charge on any atom is -0.384 e. The lowest BCUT2D eigenvalue weighted by Gasteiger charge is -2.23. The van der Waals surface area contributed by atoms with E-state index in [2.05, 4.69) is 11.8 Å². The Hall–Kier alpha value is -0.520. The number of rotatable bonds is 0. The van der Waals surface area contributed by atoms with E-state index in [1.54, 1.807) is 0 Å². The Morgan fingerprint density at radius 3 is 1.59 bits per heavy atom. The van der Waals surface area contributed by atoms with Crippen molar-refractivity contribution in [3.63, 3.8) is 0 Å². The lowest BCUT2D eigenvalue weighted by Crippen LogP contribution is -2.26. The molecule has 0 bridgehead atoms. The standard InChI is InChI=1S/C15H26O2/c16-14-10-13-15(17)11-8-6-4-2-1-3-5-7-9-12-15/h16-17H,1-9,11-12,14H2. The van der Waals surface area contributed by atoms with Crippen LogP contribution in [0.1, 0.15) is 70.6 Å². The highest BCUT2D eigenvalue weighted by atomic mass is 16.3. The van der Waals surface area contributed by atoms with E-state index in [1.807, 2.05) is 0 Å². The minimum absolute atomic E-state index is 0.150. The quantitative estimate of drug-likeness (QED) is 0.637. The normalized spacial score (nSPS) is 22.7. The second-order valence-electron chi connectivity index (χ2n) is 5.17. The molecule has 0 spiro atoms. The number of aliphatic hydroxyl groups is 2.